The van der Waals surface area contributed by atoms with Gasteiger partial charge in [0.05, 0.1) is 5.41 Å². The highest BCUT2D eigenvalue weighted by Gasteiger charge is 2.47. The molecule has 8 aromatic carbocycles. The molecule has 278 valence electrons. The molecule has 0 bridgehead atoms. The maximum Gasteiger partial charge on any atom is 0.165 e. The highest BCUT2D eigenvalue weighted by atomic mass is 32.1. The molecule has 0 atom stereocenters. The van der Waals surface area contributed by atoms with E-state index in [1.54, 1.807) is 11.3 Å². The third kappa shape index (κ3) is 4.78. The summed E-state index contributed by atoms with van der Waals surface area (Å²) in [4.78, 5) is 16.5. The molecule has 0 N–H and O–H groups in total. The van der Waals surface area contributed by atoms with Crippen LogP contribution in [0.15, 0.2) is 188 Å². The lowest BCUT2D eigenvalue weighted by molar-refractivity contribution is 0.661. The van der Waals surface area contributed by atoms with Gasteiger partial charge in [0.1, 0.15) is 0 Å². The molecule has 3 nitrogen and oxygen atoms in total. The van der Waals surface area contributed by atoms with Crippen LogP contribution >= 0.6 is 11.3 Å². The SMILES string of the molecule is CC1(C)c2ccccc2-c2cccc(-c3nc(-c4cccc5c4-c4ccccc4C5(c4ccccc4)c4ccccc4)nc(-c4cccc5c4sc4ccccc45)n3)c21. The lowest BCUT2D eigenvalue weighted by atomic mass is 9.67. The molecule has 10 aromatic rings. The minimum Gasteiger partial charge on any atom is -0.208 e. The monoisotopic (exact) mass is 771 g/mol. The van der Waals surface area contributed by atoms with Crippen LogP contribution in [-0.2, 0) is 10.8 Å². The fourth-order valence-electron chi connectivity index (χ4n) is 10.4. The van der Waals surface area contributed by atoms with Crippen molar-refractivity contribution in [1.82, 2.24) is 15.0 Å². The Kier molecular flexibility index (Phi) is 7.36. The van der Waals surface area contributed by atoms with Crippen LogP contribution in [0.2, 0.25) is 0 Å². The summed E-state index contributed by atoms with van der Waals surface area (Å²) in [5.41, 5.74) is 14.6. The van der Waals surface area contributed by atoms with Crippen LogP contribution in [0.3, 0.4) is 0 Å². The van der Waals surface area contributed by atoms with E-state index in [0.29, 0.717) is 17.5 Å². The minimum absolute atomic E-state index is 0.251. The van der Waals surface area contributed by atoms with Crippen molar-refractivity contribution in [2.75, 3.05) is 0 Å². The Labute approximate surface area is 347 Å². The molecule has 0 aliphatic heterocycles. The van der Waals surface area contributed by atoms with Gasteiger partial charge >= 0.3 is 0 Å². The van der Waals surface area contributed by atoms with Crippen molar-refractivity contribution in [3.63, 3.8) is 0 Å². The van der Waals surface area contributed by atoms with Gasteiger partial charge in [0.15, 0.2) is 17.5 Å². The van der Waals surface area contributed by atoms with Crippen LogP contribution in [0.25, 0.3) is 76.6 Å². The van der Waals surface area contributed by atoms with Crippen LogP contribution in [0.5, 0.6) is 0 Å². The largest absolute Gasteiger partial charge is 0.208 e. The van der Waals surface area contributed by atoms with Crippen molar-refractivity contribution >= 4 is 31.5 Å². The smallest absolute Gasteiger partial charge is 0.165 e. The van der Waals surface area contributed by atoms with E-state index in [9.17, 15) is 0 Å². The molecule has 2 heterocycles. The van der Waals surface area contributed by atoms with E-state index in [-0.39, 0.29) is 5.41 Å². The first-order chi connectivity index (χ1) is 29.0. The summed E-state index contributed by atoms with van der Waals surface area (Å²) in [6.45, 7) is 4.66. The molecule has 4 heteroatoms. The van der Waals surface area contributed by atoms with E-state index in [0.717, 1.165) is 22.3 Å². The van der Waals surface area contributed by atoms with E-state index < -0.39 is 5.41 Å². The maximum atomic E-state index is 5.55. The number of hydrogen-bond donors (Lipinski definition) is 0. The van der Waals surface area contributed by atoms with Gasteiger partial charge in [-0.1, -0.05) is 190 Å². The van der Waals surface area contributed by atoms with Gasteiger partial charge in [0, 0.05) is 42.3 Å². The maximum absolute atomic E-state index is 5.55. The molecule has 59 heavy (non-hydrogen) atoms. The van der Waals surface area contributed by atoms with Crippen molar-refractivity contribution < 1.29 is 0 Å². The van der Waals surface area contributed by atoms with Gasteiger partial charge in [-0.05, 0) is 67.8 Å². The van der Waals surface area contributed by atoms with Gasteiger partial charge in [-0.15, -0.1) is 11.3 Å². The molecule has 12 rings (SSSR count). The van der Waals surface area contributed by atoms with Crippen LogP contribution in [0.4, 0.5) is 0 Å². The van der Waals surface area contributed by atoms with Crippen LogP contribution < -0.4 is 0 Å². The van der Waals surface area contributed by atoms with Crippen molar-refractivity contribution in [3.8, 4) is 56.4 Å². The van der Waals surface area contributed by atoms with Crippen molar-refractivity contribution in [3.05, 3.63) is 221 Å². The molecular weight excluding hydrogens is 735 g/mol. The molecular formula is C55H37N3S. The zero-order chi connectivity index (χ0) is 39.3. The second-order valence-electron chi connectivity index (χ2n) is 16.2. The molecule has 0 saturated heterocycles. The fourth-order valence-corrected chi connectivity index (χ4v) is 11.6. The lowest BCUT2D eigenvalue weighted by Gasteiger charge is -2.33. The van der Waals surface area contributed by atoms with Gasteiger partial charge in [-0.25, -0.2) is 15.0 Å². The Morgan fingerprint density at radius 2 is 0.864 bits per heavy atom. The lowest BCUT2D eigenvalue weighted by Crippen LogP contribution is -2.28. The first-order valence-corrected chi connectivity index (χ1v) is 21.1. The Morgan fingerprint density at radius 3 is 1.63 bits per heavy atom. The summed E-state index contributed by atoms with van der Waals surface area (Å²) in [5.74, 6) is 2.02. The van der Waals surface area contributed by atoms with E-state index in [1.807, 2.05) is 0 Å². The summed E-state index contributed by atoms with van der Waals surface area (Å²) in [5, 5.41) is 2.47. The predicted molar refractivity (Wildman–Crippen MR) is 244 cm³/mol. The molecule has 0 spiro atoms. The minimum atomic E-state index is -0.540. The average molecular weight is 772 g/mol. The predicted octanol–water partition coefficient (Wildman–Crippen LogP) is 13.9. The quantitative estimate of drug-likeness (QED) is 0.175. The van der Waals surface area contributed by atoms with Gasteiger partial charge < -0.3 is 0 Å². The Morgan fingerprint density at radius 1 is 0.373 bits per heavy atom. The third-order valence-corrected chi connectivity index (χ3v) is 14.0. The first-order valence-electron chi connectivity index (χ1n) is 20.3. The standard InChI is InChI=1S/C55H37N3S/c1-54(2)44-30-12-9-22-36(44)38-25-15-28-42(49(38)54)52-56-51(57-53(58-52)43-29-16-26-39-37-23-11-14-33-47(37)59-50(39)43)41-27-17-32-46-48(41)40-24-10-13-31-45(40)55(46,34-18-5-3-6-19-34)35-20-7-4-8-21-35/h3-33H,1-2H3. The zero-order valence-corrected chi connectivity index (χ0v) is 33.5. The molecule has 0 saturated carbocycles. The van der Waals surface area contributed by atoms with Crippen LogP contribution in [-0.4, -0.2) is 15.0 Å². The molecule has 2 aliphatic rings. The number of aromatic nitrogens is 3. The van der Waals surface area contributed by atoms with Crippen molar-refractivity contribution in [2.24, 2.45) is 0 Å². The Hall–Kier alpha value is -7.01. The third-order valence-electron chi connectivity index (χ3n) is 12.8. The molecule has 0 fully saturated rings. The second-order valence-corrected chi connectivity index (χ2v) is 17.3. The summed E-state index contributed by atoms with van der Waals surface area (Å²) in [7, 11) is 0. The topological polar surface area (TPSA) is 38.7 Å². The van der Waals surface area contributed by atoms with E-state index in [1.165, 1.54) is 70.2 Å². The molecule has 0 radical (unpaired) electrons. The number of hydrogen-bond acceptors (Lipinski definition) is 4. The number of benzene rings is 8. The number of fused-ring (bicyclic) bond motifs is 9. The second kappa shape index (κ2) is 12.7. The van der Waals surface area contributed by atoms with Crippen molar-refractivity contribution in [1.29, 1.82) is 0 Å². The average Bonchev–Trinajstić information content (AvgIpc) is 3.91. The normalized spacial score (nSPS) is 14.2. The number of nitrogens with zero attached hydrogens (tertiary/aromatic N) is 3. The highest BCUT2D eigenvalue weighted by Crippen LogP contribution is 2.58. The van der Waals surface area contributed by atoms with Gasteiger partial charge in [-0.3, -0.25) is 0 Å². The van der Waals surface area contributed by atoms with E-state index in [2.05, 4.69) is 202 Å². The Balaban J connectivity index is 1.17. The molecule has 0 amide bonds. The van der Waals surface area contributed by atoms with Gasteiger partial charge in [0.25, 0.3) is 0 Å². The van der Waals surface area contributed by atoms with Crippen molar-refractivity contribution in [2.45, 2.75) is 24.7 Å². The zero-order valence-electron chi connectivity index (χ0n) is 32.6. The fraction of sp³-hybridized carbons (Fsp3) is 0.0727. The molecule has 2 aromatic heterocycles. The van der Waals surface area contributed by atoms with Gasteiger partial charge in [-0.2, -0.15) is 0 Å². The van der Waals surface area contributed by atoms with Gasteiger partial charge in [0.2, 0.25) is 0 Å². The van der Waals surface area contributed by atoms with Crippen LogP contribution in [0, 0.1) is 0 Å². The van der Waals surface area contributed by atoms with E-state index in [4.69, 9.17) is 15.0 Å². The Bertz CT molecular complexity index is 3270. The number of rotatable bonds is 5. The molecule has 2 aliphatic carbocycles. The number of thiophene rings is 1. The van der Waals surface area contributed by atoms with Crippen LogP contribution in [0.1, 0.15) is 47.2 Å². The summed E-state index contributed by atoms with van der Waals surface area (Å²) < 4.78 is 2.43. The summed E-state index contributed by atoms with van der Waals surface area (Å²) >= 11 is 1.80. The molecule has 0 unspecified atom stereocenters. The van der Waals surface area contributed by atoms with E-state index >= 15 is 0 Å². The first kappa shape index (κ1) is 34.1. The highest BCUT2D eigenvalue weighted by molar-refractivity contribution is 7.26. The summed E-state index contributed by atoms with van der Waals surface area (Å²) in [6.07, 6.45) is 0. The summed E-state index contributed by atoms with van der Waals surface area (Å²) in [6, 6.07) is 68.1.